The minimum atomic E-state index is -0.0473. The summed E-state index contributed by atoms with van der Waals surface area (Å²) in [5.41, 5.74) is 8.18. The number of hydrogen-bond donors (Lipinski definition) is 0. The van der Waals surface area contributed by atoms with Crippen molar-refractivity contribution in [3.63, 3.8) is 0 Å². The van der Waals surface area contributed by atoms with Crippen molar-refractivity contribution in [3.8, 4) is 17.3 Å². The fraction of sp³-hybridized carbons (Fsp3) is 0.244. The molecule has 0 radical (unpaired) electrons. The first kappa shape index (κ1) is 29.7. The lowest BCUT2D eigenvalue weighted by Gasteiger charge is -2.26. The second kappa shape index (κ2) is 11.1. The van der Waals surface area contributed by atoms with Gasteiger partial charge in [0.05, 0.1) is 17.7 Å². The first-order chi connectivity index (χ1) is 21.9. The number of nitrogens with zero attached hydrogens (tertiary/aromatic N) is 4. The van der Waals surface area contributed by atoms with E-state index in [1.165, 1.54) is 33.2 Å². The Balaban J connectivity index is 1.27. The average molecular weight is 607 g/mol. The quantitative estimate of drug-likeness (QED) is 0.195. The molecule has 0 atom stereocenters. The molecule has 0 saturated carbocycles. The predicted octanol–water partition coefficient (Wildman–Crippen LogP) is 10.6. The Morgan fingerprint density at radius 2 is 1.30 bits per heavy atom. The molecule has 4 aromatic carbocycles. The Bertz CT molecular complexity index is 2090. The normalized spacial score (nSPS) is 13.7. The molecule has 5 heteroatoms. The van der Waals surface area contributed by atoms with Crippen LogP contribution in [0, 0.1) is 6.92 Å². The van der Waals surface area contributed by atoms with Gasteiger partial charge in [0.25, 0.3) is 0 Å². The maximum Gasteiger partial charge on any atom is 0.137 e. The lowest BCUT2D eigenvalue weighted by Crippen LogP contribution is -2.25. The Morgan fingerprint density at radius 3 is 2.04 bits per heavy atom. The number of aryl methyl sites for hydroxylation is 1. The van der Waals surface area contributed by atoms with E-state index >= 15 is 0 Å². The highest BCUT2D eigenvalue weighted by Gasteiger charge is 2.22. The first-order valence-corrected chi connectivity index (χ1v) is 16.1. The minimum absolute atomic E-state index is 0.0161. The molecule has 5 nitrogen and oxygen atoms in total. The van der Waals surface area contributed by atoms with E-state index in [2.05, 4.69) is 172 Å². The lowest BCUT2D eigenvalue weighted by molar-refractivity contribution is 0.479. The molecule has 1 aliphatic rings. The zero-order valence-corrected chi connectivity index (χ0v) is 27.9. The van der Waals surface area contributed by atoms with Crippen LogP contribution in [-0.4, -0.2) is 16.2 Å². The average Bonchev–Trinajstić information content (AvgIpc) is 3.64. The number of ether oxygens (including phenoxy) is 1. The SMILES string of the molecule is Cc1ccc(N2C=CN(c3cc(Oc4ccc5c6ccccc6n(-c6cc(C(C)(C)C)ccn6)c5c4)cc(C(C)(C)C)c3)C2)cc1. The Labute approximate surface area is 272 Å². The van der Waals surface area contributed by atoms with Gasteiger partial charge in [-0.05, 0) is 83.5 Å². The van der Waals surface area contributed by atoms with Crippen molar-refractivity contribution in [1.82, 2.24) is 9.55 Å². The van der Waals surface area contributed by atoms with Crippen LogP contribution >= 0.6 is 0 Å². The van der Waals surface area contributed by atoms with Crippen LogP contribution in [0.3, 0.4) is 0 Å². The van der Waals surface area contributed by atoms with Crippen molar-refractivity contribution in [2.24, 2.45) is 0 Å². The molecule has 46 heavy (non-hydrogen) atoms. The van der Waals surface area contributed by atoms with E-state index in [9.17, 15) is 0 Å². The molecule has 0 aliphatic carbocycles. The van der Waals surface area contributed by atoms with E-state index in [4.69, 9.17) is 9.72 Å². The smallest absolute Gasteiger partial charge is 0.137 e. The largest absolute Gasteiger partial charge is 0.457 e. The summed E-state index contributed by atoms with van der Waals surface area (Å²) in [6.45, 7) is 16.3. The summed E-state index contributed by atoms with van der Waals surface area (Å²) in [7, 11) is 0. The van der Waals surface area contributed by atoms with Crippen LogP contribution in [-0.2, 0) is 10.8 Å². The van der Waals surface area contributed by atoms with Gasteiger partial charge >= 0.3 is 0 Å². The van der Waals surface area contributed by atoms with Crippen molar-refractivity contribution in [1.29, 1.82) is 0 Å². The molecule has 3 heterocycles. The third kappa shape index (κ3) is 5.62. The molecular formula is C41H42N4O. The van der Waals surface area contributed by atoms with E-state index in [1.807, 2.05) is 6.20 Å². The van der Waals surface area contributed by atoms with Crippen LogP contribution in [0.1, 0.15) is 58.2 Å². The third-order valence-corrected chi connectivity index (χ3v) is 8.91. The van der Waals surface area contributed by atoms with E-state index in [0.717, 1.165) is 40.7 Å². The maximum absolute atomic E-state index is 6.71. The molecule has 1 aliphatic heterocycles. The summed E-state index contributed by atoms with van der Waals surface area (Å²) < 4.78 is 8.98. The molecular weight excluding hydrogens is 564 g/mol. The molecule has 0 amide bonds. The van der Waals surface area contributed by atoms with Crippen LogP contribution in [0.15, 0.2) is 116 Å². The van der Waals surface area contributed by atoms with Gasteiger partial charge < -0.3 is 14.5 Å². The summed E-state index contributed by atoms with van der Waals surface area (Å²) in [6, 6.07) is 34.5. The van der Waals surface area contributed by atoms with E-state index < -0.39 is 0 Å². The highest BCUT2D eigenvalue weighted by atomic mass is 16.5. The number of hydrogen-bond acceptors (Lipinski definition) is 4. The van der Waals surface area contributed by atoms with Crippen LogP contribution in [0.5, 0.6) is 11.5 Å². The second-order valence-electron chi connectivity index (χ2n) is 14.5. The monoisotopic (exact) mass is 606 g/mol. The van der Waals surface area contributed by atoms with Gasteiger partial charge in [-0.1, -0.05) is 77.4 Å². The van der Waals surface area contributed by atoms with Crippen LogP contribution in [0.2, 0.25) is 0 Å². The van der Waals surface area contributed by atoms with Gasteiger partial charge in [-0.15, -0.1) is 0 Å². The number of aromatic nitrogens is 2. The van der Waals surface area contributed by atoms with Gasteiger partial charge in [0.15, 0.2) is 0 Å². The van der Waals surface area contributed by atoms with Crippen molar-refractivity contribution >= 4 is 33.2 Å². The number of benzene rings is 4. The summed E-state index contributed by atoms with van der Waals surface area (Å²) in [5.74, 6) is 2.52. The Morgan fingerprint density at radius 1 is 0.609 bits per heavy atom. The topological polar surface area (TPSA) is 33.5 Å². The molecule has 0 spiro atoms. The number of rotatable bonds is 5. The number of para-hydroxylation sites is 1. The van der Waals surface area contributed by atoms with E-state index in [1.54, 1.807) is 0 Å². The summed E-state index contributed by atoms with van der Waals surface area (Å²) in [5, 5.41) is 2.37. The zero-order chi connectivity index (χ0) is 32.2. The summed E-state index contributed by atoms with van der Waals surface area (Å²) in [4.78, 5) is 9.38. The highest BCUT2D eigenvalue weighted by Crippen LogP contribution is 2.38. The van der Waals surface area contributed by atoms with Gasteiger partial charge in [0, 0.05) is 52.9 Å². The van der Waals surface area contributed by atoms with Crippen LogP contribution in [0.25, 0.3) is 27.6 Å². The van der Waals surface area contributed by atoms with Crippen molar-refractivity contribution in [2.75, 3.05) is 16.5 Å². The lowest BCUT2D eigenvalue weighted by atomic mass is 9.86. The van der Waals surface area contributed by atoms with Gasteiger partial charge in [0.2, 0.25) is 0 Å². The molecule has 232 valence electrons. The van der Waals surface area contributed by atoms with Crippen molar-refractivity contribution in [3.05, 3.63) is 132 Å². The van der Waals surface area contributed by atoms with Crippen molar-refractivity contribution in [2.45, 2.75) is 59.3 Å². The first-order valence-electron chi connectivity index (χ1n) is 16.1. The Kier molecular flexibility index (Phi) is 7.16. The molecule has 0 unspecified atom stereocenters. The third-order valence-electron chi connectivity index (χ3n) is 8.91. The van der Waals surface area contributed by atoms with Crippen LogP contribution < -0.4 is 14.5 Å². The maximum atomic E-state index is 6.71. The highest BCUT2D eigenvalue weighted by molar-refractivity contribution is 6.09. The van der Waals surface area contributed by atoms with Gasteiger partial charge in [-0.2, -0.15) is 0 Å². The number of fused-ring (bicyclic) bond motifs is 3. The molecule has 0 saturated heterocycles. The van der Waals surface area contributed by atoms with Gasteiger partial charge in [-0.25, -0.2) is 4.98 Å². The molecule has 0 N–H and O–H groups in total. The second-order valence-corrected chi connectivity index (χ2v) is 14.5. The fourth-order valence-corrected chi connectivity index (χ4v) is 6.14. The van der Waals surface area contributed by atoms with E-state index in [-0.39, 0.29) is 10.8 Å². The van der Waals surface area contributed by atoms with E-state index in [0.29, 0.717) is 0 Å². The number of pyridine rings is 1. The van der Waals surface area contributed by atoms with Crippen LogP contribution in [0.4, 0.5) is 11.4 Å². The molecule has 7 rings (SSSR count). The fourth-order valence-electron chi connectivity index (χ4n) is 6.14. The summed E-state index contributed by atoms with van der Waals surface area (Å²) in [6.07, 6.45) is 6.21. The van der Waals surface area contributed by atoms with Crippen molar-refractivity contribution < 1.29 is 4.74 Å². The number of anilines is 2. The standard InChI is InChI=1S/C41H42N4O/c1-28-12-14-31(15-13-28)43-20-21-44(27-43)32-22-30(41(5,6)7)23-34(25-32)46-33-16-17-36-35-10-8-9-11-37(35)45(38(36)26-33)39-24-29(18-19-42-39)40(2,3)4/h8-26H,27H2,1-7H3. The Hall–Kier alpha value is -5.03. The molecule has 2 aromatic heterocycles. The molecule has 6 aromatic rings. The van der Waals surface area contributed by atoms with Gasteiger partial charge in [-0.3, -0.25) is 4.57 Å². The minimum Gasteiger partial charge on any atom is -0.457 e. The zero-order valence-electron chi connectivity index (χ0n) is 27.9. The predicted molar refractivity (Wildman–Crippen MR) is 193 cm³/mol. The molecule has 0 fully saturated rings. The van der Waals surface area contributed by atoms with Gasteiger partial charge in [0.1, 0.15) is 17.3 Å². The summed E-state index contributed by atoms with van der Waals surface area (Å²) >= 11 is 0. The molecule has 0 bridgehead atoms.